The summed E-state index contributed by atoms with van der Waals surface area (Å²) in [6, 6.07) is 0.616. The second kappa shape index (κ2) is 7.74. The molecule has 5 heteroatoms. The van der Waals surface area contributed by atoms with Crippen molar-refractivity contribution in [1.82, 2.24) is 20.4 Å². The molecule has 1 saturated heterocycles. The predicted octanol–water partition coefficient (Wildman–Crippen LogP) is 2.23. The van der Waals surface area contributed by atoms with Crippen molar-refractivity contribution in [3.05, 3.63) is 11.7 Å². The van der Waals surface area contributed by atoms with Gasteiger partial charge in [-0.1, -0.05) is 32.3 Å². The topological polar surface area (TPSA) is 54.2 Å². The molecule has 1 aromatic rings. The number of hydrogen-bond acceptors (Lipinski definition) is 5. The average Bonchev–Trinajstić information content (AvgIpc) is 2.85. The third-order valence-electron chi connectivity index (χ3n) is 3.80. The van der Waals surface area contributed by atoms with Crippen LogP contribution in [0.4, 0.5) is 0 Å². The van der Waals surface area contributed by atoms with Crippen molar-refractivity contribution >= 4 is 0 Å². The van der Waals surface area contributed by atoms with Crippen LogP contribution >= 0.6 is 0 Å². The van der Waals surface area contributed by atoms with Crippen LogP contribution in [0.5, 0.6) is 0 Å². The average molecular weight is 280 g/mol. The lowest BCUT2D eigenvalue weighted by Crippen LogP contribution is -2.43. The first-order valence-corrected chi connectivity index (χ1v) is 7.94. The SMILES string of the molecule is CCN(Cc1noc(CC(C)C)n1)CC1CCCCN1. The minimum absolute atomic E-state index is 0.553. The van der Waals surface area contributed by atoms with E-state index in [-0.39, 0.29) is 0 Å². The van der Waals surface area contributed by atoms with Crippen molar-refractivity contribution in [2.24, 2.45) is 5.92 Å². The van der Waals surface area contributed by atoms with Gasteiger partial charge in [0.2, 0.25) is 5.89 Å². The van der Waals surface area contributed by atoms with Crippen LogP contribution in [0, 0.1) is 5.92 Å². The molecule has 0 aromatic carbocycles. The van der Waals surface area contributed by atoms with Crippen LogP contribution in [-0.4, -0.2) is 40.7 Å². The van der Waals surface area contributed by atoms with Crippen molar-refractivity contribution in [2.45, 2.75) is 59.0 Å². The summed E-state index contributed by atoms with van der Waals surface area (Å²) < 4.78 is 5.31. The quantitative estimate of drug-likeness (QED) is 0.830. The number of nitrogens with zero attached hydrogens (tertiary/aromatic N) is 3. The van der Waals surface area contributed by atoms with Crippen molar-refractivity contribution < 1.29 is 4.52 Å². The van der Waals surface area contributed by atoms with Gasteiger partial charge in [-0.3, -0.25) is 4.90 Å². The Balaban J connectivity index is 1.83. The lowest BCUT2D eigenvalue weighted by molar-refractivity contribution is 0.219. The number of piperidine rings is 1. The van der Waals surface area contributed by atoms with Crippen LogP contribution in [0.2, 0.25) is 0 Å². The molecule has 0 radical (unpaired) electrons. The van der Waals surface area contributed by atoms with Crippen LogP contribution in [0.1, 0.15) is 51.7 Å². The maximum atomic E-state index is 5.31. The van der Waals surface area contributed by atoms with E-state index in [0.29, 0.717) is 12.0 Å². The molecule has 1 unspecified atom stereocenters. The Morgan fingerprint density at radius 1 is 1.40 bits per heavy atom. The fourth-order valence-electron chi connectivity index (χ4n) is 2.68. The lowest BCUT2D eigenvalue weighted by atomic mass is 10.0. The maximum Gasteiger partial charge on any atom is 0.226 e. The van der Waals surface area contributed by atoms with Gasteiger partial charge in [0, 0.05) is 19.0 Å². The normalized spacial score (nSPS) is 19.9. The van der Waals surface area contributed by atoms with Gasteiger partial charge in [-0.2, -0.15) is 4.98 Å². The highest BCUT2D eigenvalue weighted by atomic mass is 16.5. The Hall–Kier alpha value is -0.940. The third kappa shape index (κ3) is 4.87. The number of nitrogens with one attached hydrogen (secondary N) is 1. The summed E-state index contributed by atoms with van der Waals surface area (Å²) in [5.41, 5.74) is 0. The highest BCUT2D eigenvalue weighted by molar-refractivity contribution is 4.88. The van der Waals surface area contributed by atoms with Crippen molar-refractivity contribution in [1.29, 1.82) is 0 Å². The van der Waals surface area contributed by atoms with E-state index in [0.717, 1.165) is 44.3 Å². The molecule has 0 bridgehead atoms. The molecule has 0 aliphatic carbocycles. The van der Waals surface area contributed by atoms with Gasteiger partial charge in [0.15, 0.2) is 5.82 Å². The predicted molar refractivity (Wildman–Crippen MR) is 79.4 cm³/mol. The number of hydrogen-bond donors (Lipinski definition) is 1. The van der Waals surface area contributed by atoms with Gasteiger partial charge in [0.25, 0.3) is 0 Å². The molecule has 0 amide bonds. The molecule has 20 heavy (non-hydrogen) atoms. The molecule has 114 valence electrons. The molecule has 0 saturated carbocycles. The zero-order chi connectivity index (χ0) is 14.4. The minimum Gasteiger partial charge on any atom is -0.339 e. The highest BCUT2D eigenvalue weighted by Crippen LogP contribution is 2.11. The molecular formula is C15H28N4O. The maximum absolute atomic E-state index is 5.31. The molecule has 1 aliphatic rings. The molecule has 1 N–H and O–H groups in total. The first-order chi connectivity index (χ1) is 9.67. The van der Waals surface area contributed by atoms with Gasteiger partial charge in [-0.25, -0.2) is 0 Å². The molecule has 5 nitrogen and oxygen atoms in total. The summed E-state index contributed by atoms with van der Waals surface area (Å²) in [7, 11) is 0. The molecule has 1 aromatic heterocycles. The van der Waals surface area contributed by atoms with E-state index >= 15 is 0 Å². The summed E-state index contributed by atoms with van der Waals surface area (Å²) in [6.45, 7) is 10.6. The van der Waals surface area contributed by atoms with Gasteiger partial charge in [0.1, 0.15) is 0 Å². The van der Waals surface area contributed by atoms with Crippen molar-refractivity contribution in [2.75, 3.05) is 19.6 Å². The molecule has 1 aliphatic heterocycles. The zero-order valence-corrected chi connectivity index (χ0v) is 13.1. The monoisotopic (exact) mass is 280 g/mol. The first-order valence-electron chi connectivity index (χ1n) is 7.94. The third-order valence-corrected chi connectivity index (χ3v) is 3.80. The summed E-state index contributed by atoms with van der Waals surface area (Å²) in [6.07, 6.45) is 4.80. The van der Waals surface area contributed by atoms with Gasteiger partial charge < -0.3 is 9.84 Å². The van der Waals surface area contributed by atoms with Crippen LogP contribution < -0.4 is 5.32 Å². The van der Waals surface area contributed by atoms with E-state index in [9.17, 15) is 0 Å². The Kier molecular flexibility index (Phi) is 5.98. The minimum atomic E-state index is 0.553. The summed E-state index contributed by atoms with van der Waals surface area (Å²) in [5, 5.41) is 7.70. The Labute approximate surface area is 122 Å². The Morgan fingerprint density at radius 2 is 2.25 bits per heavy atom. The van der Waals surface area contributed by atoms with Crippen molar-refractivity contribution in [3.8, 4) is 0 Å². The standard InChI is InChI=1S/C15H28N4O/c1-4-19(10-13-7-5-6-8-16-13)11-14-17-15(20-18-14)9-12(2)3/h12-13,16H,4-11H2,1-3H3. The van der Waals surface area contributed by atoms with Gasteiger partial charge in [-0.15, -0.1) is 0 Å². The summed E-state index contributed by atoms with van der Waals surface area (Å²) in [4.78, 5) is 6.89. The van der Waals surface area contributed by atoms with E-state index < -0.39 is 0 Å². The van der Waals surface area contributed by atoms with Gasteiger partial charge >= 0.3 is 0 Å². The summed E-state index contributed by atoms with van der Waals surface area (Å²) >= 11 is 0. The second-order valence-corrected chi connectivity index (χ2v) is 6.18. The second-order valence-electron chi connectivity index (χ2n) is 6.18. The Bertz CT molecular complexity index is 385. The molecule has 2 rings (SSSR count). The van der Waals surface area contributed by atoms with E-state index in [4.69, 9.17) is 4.52 Å². The Morgan fingerprint density at radius 3 is 2.90 bits per heavy atom. The molecule has 1 atom stereocenters. The van der Waals surface area contributed by atoms with Gasteiger partial charge in [0.05, 0.1) is 6.54 Å². The number of rotatable bonds is 7. The summed E-state index contributed by atoms with van der Waals surface area (Å²) in [5.74, 6) is 2.14. The van der Waals surface area contributed by atoms with E-state index in [1.54, 1.807) is 0 Å². The van der Waals surface area contributed by atoms with Gasteiger partial charge in [-0.05, 0) is 31.8 Å². The van der Waals surface area contributed by atoms with E-state index in [2.05, 4.69) is 41.1 Å². The smallest absolute Gasteiger partial charge is 0.226 e. The van der Waals surface area contributed by atoms with Crippen LogP contribution in [0.25, 0.3) is 0 Å². The number of aromatic nitrogens is 2. The van der Waals surface area contributed by atoms with Crippen LogP contribution in [-0.2, 0) is 13.0 Å². The van der Waals surface area contributed by atoms with E-state index in [1.807, 2.05) is 0 Å². The fraction of sp³-hybridized carbons (Fsp3) is 0.867. The van der Waals surface area contributed by atoms with Crippen molar-refractivity contribution in [3.63, 3.8) is 0 Å². The van der Waals surface area contributed by atoms with Crippen LogP contribution in [0.15, 0.2) is 4.52 Å². The molecule has 2 heterocycles. The van der Waals surface area contributed by atoms with Crippen LogP contribution in [0.3, 0.4) is 0 Å². The fourth-order valence-corrected chi connectivity index (χ4v) is 2.68. The molecule has 1 fully saturated rings. The molecule has 0 spiro atoms. The first kappa shape index (κ1) is 15.4. The zero-order valence-electron chi connectivity index (χ0n) is 13.1. The lowest BCUT2D eigenvalue weighted by Gasteiger charge is -2.29. The molecular weight excluding hydrogens is 252 g/mol. The highest BCUT2D eigenvalue weighted by Gasteiger charge is 2.17. The number of likely N-dealkylation sites (N-methyl/N-ethyl adjacent to an activating group) is 1. The largest absolute Gasteiger partial charge is 0.339 e. The van der Waals surface area contributed by atoms with E-state index in [1.165, 1.54) is 19.3 Å².